The van der Waals surface area contributed by atoms with E-state index in [0.29, 0.717) is 5.82 Å². The van der Waals surface area contributed by atoms with Crippen LogP contribution in [0.25, 0.3) is 10.9 Å². The Morgan fingerprint density at radius 1 is 1.20 bits per heavy atom. The molecule has 4 nitrogen and oxygen atoms in total. The summed E-state index contributed by atoms with van der Waals surface area (Å²) in [5, 5.41) is 1.28. The topological polar surface area (TPSA) is 63.0 Å². The minimum Gasteiger partial charge on any atom is -0.375 e. The van der Waals surface area contributed by atoms with Gasteiger partial charge in [0.1, 0.15) is 5.82 Å². The van der Waals surface area contributed by atoms with Crippen LogP contribution < -0.4 is 16.6 Å². The number of hydrogen-bond donors (Lipinski definition) is 3. The molecule has 0 radical (unpaired) electrons. The third-order valence-corrected chi connectivity index (χ3v) is 2.01. The zero-order valence-corrected chi connectivity index (χ0v) is 8.71. The fraction of sp³-hybridized carbons (Fsp3) is 0. The lowest BCUT2D eigenvalue weighted by Gasteiger charge is -2.07. The number of aromatic nitrogens is 1. The van der Waals surface area contributed by atoms with Gasteiger partial charge >= 0.3 is 0 Å². The molecule has 2 rings (SSSR count). The van der Waals surface area contributed by atoms with Crippen LogP contribution in [0, 0.1) is 0 Å². The van der Waals surface area contributed by atoms with Gasteiger partial charge in [-0.15, -0.1) is 0 Å². The molecule has 0 unspecified atom stereocenters. The van der Waals surface area contributed by atoms with E-state index >= 15 is 0 Å². The van der Waals surface area contributed by atoms with Crippen LogP contribution in [0.2, 0.25) is 0 Å². The molecule has 0 aliphatic rings. The average molecular weight is 218 g/mol. The molecule has 0 aliphatic carbocycles. The number of nitrogens with two attached hydrogens (primary N) is 1. The number of benzene rings is 1. The quantitative estimate of drug-likeness (QED) is 0.525. The minimum atomic E-state index is 0.185. The Bertz CT molecular complexity index is 498. The molecule has 1 heterocycles. The van der Waals surface area contributed by atoms with Crippen LogP contribution in [0.3, 0.4) is 0 Å². The first-order valence-electron chi connectivity index (χ1n) is 4.43. The number of para-hydroxylation sites is 1. The maximum absolute atomic E-state index is 5.28. The van der Waals surface area contributed by atoms with Gasteiger partial charge in [0, 0.05) is 5.39 Å². The molecule has 4 N–H and O–H groups in total. The molecule has 0 bridgehead atoms. The highest BCUT2D eigenvalue weighted by Crippen LogP contribution is 2.13. The molecule has 0 amide bonds. The predicted octanol–water partition coefficient (Wildman–Crippen LogP) is 1.39. The molecule has 76 valence electrons. The molecular weight excluding hydrogens is 208 g/mol. The van der Waals surface area contributed by atoms with E-state index in [1.807, 2.05) is 36.4 Å². The molecule has 0 saturated carbocycles. The Kier molecular flexibility index (Phi) is 2.64. The number of anilines is 1. The monoisotopic (exact) mass is 218 g/mol. The number of hydrazine groups is 1. The summed E-state index contributed by atoms with van der Waals surface area (Å²) in [4.78, 5) is 4.36. The molecule has 0 saturated heterocycles. The molecule has 0 atom stereocenters. The number of fused-ring (bicyclic) bond motifs is 1. The maximum Gasteiger partial charge on any atom is 0.182 e. The van der Waals surface area contributed by atoms with Crippen LogP contribution >= 0.6 is 12.2 Å². The van der Waals surface area contributed by atoms with E-state index in [9.17, 15) is 0 Å². The number of pyridine rings is 1. The molecule has 5 heteroatoms. The maximum atomic E-state index is 5.28. The fourth-order valence-corrected chi connectivity index (χ4v) is 1.31. The number of rotatable bonds is 2. The summed E-state index contributed by atoms with van der Waals surface area (Å²) in [6.45, 7) is 0. The summed E-state index contributed by atoms with van der Waals surface area (Å²) >= 11 is 4.67. The van der Waals surface area contributed by atoms with Gasteiger partial charge in [0.05, 0.1) is 5.52 Å². The third-order valence-electron chi connectivity index (χ3n) is 1.91. The predicted molar refractivity (Wildman–Crippen MR) is 65.3 cm³/mol. The Morgan fingerprint density at radius 2 is 2.00 bits per heavy atom. The first-order chi connectivity index (χ1) is 7.25. The van der Waals surface area contributed by atoms with E-state index in [4.69, 9.17) is 5.73 Å². The highest BCUT2D eigenvalue weighted by Gasteiger charge is 1.96. The van der Waals surface area contributed by atoms with Crippen LogP contribution in [0.15, 0.2) is 36.4 Å². The van der Waals surface area contributed by atoms with E-state index < -0.39 is 0 Å². The van der Waals surface area contributed by atoms with Crippen LogP contribution in [0.5, 0.6) is 0 Å². The highest BCUT2D eigenvalue weighted by molar-refractivity contribution is 7.80. The molecule has 0 spiro atoms. The van der Waals surface area contributed by atoms with Crippen LogP contribution in [0.4, 0.5) is 5.82 Å². The zero-order chi connectivity index (χ0) is 10.7. The number of hydrogen-bond acceptors (Lipinski definition) is 3. The van der Waals surface area contributed by atoms with Gasteiger partial charge < -0.3 is 5.73 Å². The van der Waals surface area contributed by atoms with Gasteiger partial charge in [-0.25, -0.2) is 4.98 Å². The SMILES string of the molecule is NC(=S)NNc1ccc2ccccc2n1. The summed E-state index contributed by atoms with van der Waals surface area (Å²) in [5.41, 5.74) is 11.6. The van der Waals surface area contributed by atoms with Gasteiger partial charge in [0.25, 0.3) is 0 Å². The smallest absolute Gasteiger partial charge is 0.182 e. The Hall–Kier alpha value is -1.88. The lowest BCUT2D eigenvalue weighted by molar-refractivity contribution is 1.10. The first-order valence-corrected chi connectivity index (χ1v) is 4.84. The summed E-state index contributed by atoms with van der Waals surface area (Å²) in [6, 6.07) is 11.7. The molecule has 2 aromatic rings. The molecule has 1 aromatic heterocycles. The van der Waals surface area contributed by atoms with Gasteiger partial charge in [0.15, 0.2) is 5.11 Å². The van der Waals surface area contributed by atoms with Crippen molar-refractivity contribution in [3.63, 3.8) is 0 Å². The Morgan fingerprint density at radius 3 is 2.80 bits per heavy atom. The summed E-state index contributed by atoms with van der Waals surface area (Å²) in [6.07, 6.45) is 0. The standard InChI is InChI=1S/C10H10N4S/c11-10(15)14-13-9-6-5-7-3-1-2-4-8(7)12-9/h1-6H,(H,12,13)(H3,11,14,15). The Balaban J connectivity index is 2.26. The first kappa shape index (κ1) is 9.67. The van der Waals surface area contributed by atoms with Crippen LogP contribution in [0.1, 0.15) is 0 Å². The van der Waals surface area contributed by atoms with Crippen molar-refractivity contribution in [3.05, 3.63) is 36.4 Å². The lowest BCUT2D eigenvalue weighted by Crippen LogP contribution is -2.34. The second-order valence-electron chi connectivity index (χ2n) is 3.00. The van der Waals surface area contributed by atoms with Gasteiger partial charge in [0.2, 0.25) is 0 Å². The second-order valence-corrected chi connectivity index (χ2v) is 3.44. The normalized spacial score (nSPS) is 9.87. The van der Waals surface area contributed by atoms with Gasteiger partial charge in [-0.05, 0) is 30.4 Å². The minimum absolute atomic E-state index is 0.185. The molecule has 1 aromatic carbocycles. The number of thiocarbonyl (C=S) groups is 1. The van der Waals surface area contributed by atoms with Crippen molar-refractivity contribution in [1.29, 1.82) is 0 Å². The zero-order valence-electron chi connectivity index (χ0n) is 7.90. The molecular formula is C10H10N4S. The molecule has 0 aliphatic heterocycles. The van der Waals surface area contributed by atoms with Crippen molar-refractivity contribution >= 4 is 34.1 Å². The van der Waals surface area contributed by atoms with Crippen LogP contribution in [-0.2, 0) is 0 Å². The largest absolute Gasteiger partial charge is 0.375 e. The van der Waals surface area contributed by atoms with E-state index in [0.717, 1.165) is 10.9 Å². The van der Waals surface area contributed by atoms with E-state index in [-0.39, 0.29) is 5.11 Å². The van der Waals surface area contributed by atoms with Crippen molar-refractivity contribution < 1.29 is 0 Å². The van der Waals surface area contributed by atoms with Gasteiger partial charge in [-0.1, -0.05) is 18.2 Å². The van der Waals surface area contributed by atoms with Crippen molar-refractivity contribution in [2.45, 2.75) is 0 Å². The number of nitrogens with one attached hydrogen (secondary N) is 2. The second kappa shape index (κ2) is 4.10. The summed E-state index contributed by atoms with van der Waals surface area (Å²) < 4.78 is 0. The van der Waals surface area contributed by atoms with E-state index in [1.165, 1.54) is 0 Å². The van der Waals surface area contributed by atoms with Crippen molar-refractivity contribution in [1.82, 2.24) is 10.4 Å². The van der Waals surface area contributed by atoms with E-state index in [2.05, 4.69) is 28.1 Å². The van der Waals surface area contributed by atoms with E-state index in [1.54, 1.807) is 0 Å². The van der Waals surface area contributed by atoms with Crippen molar-refractivity contribution in [2.24, 2.45) is 5.73 Å². The summed E-state index contributed by atoms with van der Waals surface area (Å²) in [7, 11) is 0. The Labute approximate surface area is 92.5 Å². The third kappa shape index (κ3) is 2.32. The number of nitrogens with zero attached hydrogens (tertiary/aromatic N) is 1. The van der Waals surface area contributed by atoms with Crippen molar-refractivity contribution in [3.8, 4) is 0 Å². The molecule has 0 fully saturated rings. The lowest BCUT2D eigenvalue weighted by atomic mass is 10.2. The summed E-state index contributed by atoms with van der Waals surface area (Å²) in [5.74, 6) is 0.682. The van der Waals surface area contributed by atoms with Gasteiger partial charge in [-0.3, -0.25) is 10.9 Å². The highest BCUT2D eigenvalue weighted by atomic mass is 32.1. The van der Waals surface area contributed by atoms with Gasteiger partial charge in [-0.2, -0.15) is 0 Å². The van der Waals surface area contributed by atoms with Crippen LogP contribution in [-0.4, -0.2) is 10.1 Å². The fourth-order valence-electron chi connectivity index (χ4n) is 1.26. The molecule has 15 heavy (non-hydrogen) atoms. The van der Waals surface area contributed by atoms with Crippen molar-refractivity contribution in [2.75, 3.05) is 5.43 Å². The average Bonchev–Trinajstić information content (AvgIpc) is 2.26.